The first-order valence-corrected chi connectivity index (χ1v) is 12.8. The van der Waals surface area contributed by atoms with E-state index in [1.807, 2.05) is 35.2 Å². The number of halogens is 2. The third-order valence-electron chi connectivity index (χ3n) is 7.53. The number of nitrogens with one attached hydrogen (secondary N) is 1. The minimum absolute atomic E-state index is 0.153. The number of aromatic nitrogens is 3. The summed E-state index contributed by atoms with van der Waals surface area (Å²) >= 11 is 6.56. The van der Waals surface area contributed by atoms with Crippen molar-refractivity contribution >= 4 is 39.1 Å². The molecule has 0 aliphatic carbocycles. The Morgan fingerprint density at radius 3 is 2.67 bits per heavy atom. The molecule has 0 unspecified atom stereocenters. The van der Waals surface area contributed by atoms with E-state index in [4.69, 9.17) is 11.6 Å². The minimum atomic E-state index is -0.517. The number of piperazine rings is 1. The molecule has 2 aromatic heterocycles. The van der Waals surface area contributed by atoms with Crippen LogP contribution in [0.4, 0.5) is 10.2 Å². The first kappa shape index (κ1) is 23.3. The molecule has 186 valence electrons. The summed E-state index contributed by atoms with van der Waals surface area (Å²) in [5, 5.41) is 6.06. The van der Waals surface area contributed by atoms with Gasteiger partial charge in [0.25, 0.3) is 0 Å². The van der Waals surface area contributed by atoms with Crippen LogP contribution >= 0.6 is 11.6 Å². The summed E-state index contributed by atoms with van der Waals surface area (Å²) in [7, 11) is 2.05. The fraction of sp³-hybridized carbons (Fsp3) is 0.370. The molecule has 7 nitrogen and oxygen atoms in total. The van der Waals surface area contributed by atoms with Gasteiger partial charge in [0.15, 0.2) is 5.82 Å². The van der Waals surface area contributed by atoms with Crippen LogP contribution < -0.4 is 15.9 Å². The normalized spacial score (nSPS) is 19.0. The number of likely N-dealkylation sites (tertiary alicyclic amines) is 1. The Hall–Kier alpha value is -3.07. The standard InChI is InChI=1S/C27H28ClFN6O/c1-33-12-4-7-18(33)16-35-25-20(26(32-27(35)36)34-13-10-30-11-14-34)15-31-24(23(25)29)19-8-2-5-17-6-3-9-21(28)22(17)19/h2-3,5-6,8-9,15,18,30H,4,7,10-14,16H2,1H3/t18-/m0/s1. The molecule has 2 aliphatic heterocycles. The van der Waals surface area contributed by atoms with E-state index >= 15 is 4.39 Å². The number of hydrogen-bond acceptors (Lipinski definition) is 6. The van der Waals surface area contributed by atoms with Crippen LogP contribution in [0.1, 0.15) is 12.8 Å². The van der Waals surface area contributed by atoms with Crippen molar-refractivity contribution < 1.29 is 4.39 Å². The zero-order chi connectivity index (χ0) is 24.8. The molecule has 1 N–H and O–H groups in total. The van der Waals surface area contributed by atoms with Gasteiger partial charge in [-0.1, -0.05) is 41.9 Å². The smallest absolute Gasteiger partial charge is 0.350 e. The topological polar surface area (TPSA) is 66.3 Å². The highest BCUT2D eigenvalue weighted by atomic mass is 35.5. The maximum absolute atomic E-state index is 16.6. The Balaban J connectivity index is 1.61. The zero-order valence-corrected chi connectivity index (χ0v) is 20.9. The van der Waals surface area contributed by atoms with Crippen molar-refractivity contribution in [2.45, 2.75) is 25.4 Å². The van der Waals surface area contributed by atoms with Crippen molar-refractivity contribution in [2.24, 2.45) is 0 Å². The summed E-state index contributed by atoms with van der Waals surface area (Å²) in [6.45, 7) is 4.30. The molecule has 1 atom stereocenters. The molecule has 4 aromatic rings. The van der Waals surface area contributed by atoms with Gasteiger partial charge in [0, 0.05) is 60.9 Å². The van der Waals surface area contributed by atoms with Crippen molar-refractivity contribution in [3.05, 3.63) is 63.9 Å². The molecule has 0 amide bonds. The Kier molecular flexibility index (Phi) is 6.11. The molecular weight excluding hydrogens is 479 g/mol. The van der Waals surface area contributed by atoms with Crippen LogP contribution in [0.3, 0.4) is 0 Å². The van der Waals surface area contributed by atoms with Crippen LogP contribution in [0.2, 0.25) is 5.02 Å². The first-order chi connectivity index (χ1) is 17.5. The van der Waals surface area contributed by atoms with Crippen LogP contribution in [0.25, 0.3) is 32.9 Å². The van der Waals surface area contributed by atoms with Gasteiger partial charge >= 0.3 is 5.69 Å². The SMILES string of the molecule is CN1CCC[C@H]1Cn1c(=O)nc(N2CCNCC2)c2cnc(-c3cccc4cccc(Cl)c34)c(F)c21. The molecule has 2 saturated heterocycles. The number of benzene rings is 2. The third-order valence-corrected chi connectivity index (χ3v) is 7.84. The van der Waals surface area contributed by atoms with Crippen molar-refractivity contribution in [3.63, 3.8) is 0 Å². The number of pyridine rings is 1. The highest BCUT2D eigenvalue weighted by Gasteiger charge is 2.27. The van der Waals surface area contributed by atoms with E-state index in [0.717, 1.165) is 43.2 Å². The second-order valence-electron chi connectivity index (χ2n) is 9.67. The lowest BCUT2D eigenvalue weighted by Crippen LogP contribution is -2.45. The molecule has 36 heavy (non-hydrogen) atoms. The Labute approximate surface area is 213 Å². The van der Waals surface area contributed by atoms with Crippen LogP contribution in [-0.2, 0) is 6.54 Å². The van der Waals surface area contributed by atoms with E-state index in [2.05, 4.69) is 27.2 Å². The van der Waals surface area contributed by atoms with Gasteiger partial charge in [0.05, 0.1) is 10.9 Å². The molecule has 9 heteroatoms. The molecule has 2 aromatic carbocycles. The number of fused-ring (bicyclic) bond motifs is 2. The predicted molar refractivity (Wildman–Crippen MR) is 142 cm³/mol. The number of rotatable bonds is 4. The summed E-state index contributed by atoms with van der Waals surface area (Å²) in [6, 6.07) is 11.4. The van der Waals surface area contributed by atoms with Crippen molar-refractivity contribution in [1.29, 1.82) is 0 Å². The zero-order valence-electron chi connectivity index (χ0n) is 20.2. The van der Waals surface area contributed by atoms with Crippen molar-refractivity contribution in [3.8, 4) is 11.3 Å². The molecule has 2 aliphatic rings. The molecule has 0 radical (unpaired) electrons. The molecule has 0 saturated carbocycles. The summed E-state index contributed by atoms with van der Waals surface area (Å²) in [5.41, 5.74) is 0.628. The highest BCUT2D eigenvalue weighted by Crippen LogP contribution is 2.37. The van der Waals surface area contributed by atoms with Gasteiger partial charge in [0.2, 0.25) is 0 Å². The largest absolute Gasteiger partial charge is 0.353 e. The second kappa shape index (κ2) is 9.42. The summed E-state index contributed by atoms with van der Waals surface area (Å²) in [4.78, 5) is 26.8. The van der Waals surface area contributed by atoms with Gasteiger partial charge in [-0.2, -0.15) is 4.98 Å². The molecule has 4 heterocycles. The number of anilines is 1. The van der Waals surface area contributed by atoms with Crippen LogP contribution in [0.15, 0.2) is 47.4 Å². The van der Waals surface area contributed by atoms with Gasteiger partial charge in [-0.05, 0) is 37.9 Å². The Morgan fingerprint density at radius 2 is 1.92 bits per heavy atom. The van der Waals surface area contributed by atoms with Crippen LogP contribution in [0.5, 0.6) is 0 Å². The Morgan fingerprint density at radius 1 is 1.14 bits per heavy atom. The van der Waals surface area contributed by atoms with Gasteiger partial charge in [-0.15, -0.1) is 0 Å². The molecule has 0 bridgehead atoms. The maximum Gasteiger partial charge on any atom is 0.350 e. The lowest BCUT2D eigenvalue weighted by molar-refractivity contribution is 0.281. The average Bonchev–Trinajstić information content (AvgIpc) is 3.30. The quantitative estimate of drug-likeness (QED) is 0.453. The number of likely N-dealkylation sites (N-methyl/N-ethyl adjacent to an activating group) is 1. The van der Waals surface area contributed by atoms with Crippen molar-refractivity contribution in [2.75, 3.05) is 44.7 Å². The van der Waals surface area contributed by atoms with Gasteiger partial charge in [0.1, 0.15) is 11.5 Å². The van der Waals surface area contributed by atoms with Gasteiger partial charge in [-0.3, -0.25) is 9.55 Å². The van der Waals surface area contributed by atoms with Gasteiger partial charge < -0.3 is 15.1 Å². The van der Waals surface area contributed by atoms with Crippen LogP contribution in [-0.4, -0.2) is 65.2 Å². The number of hydrogen-bond donors (Lipinski definition) is 1. The maximum atomic E-state index is 16.6. The average molecular weight is 507 g/mol. The summed E-state index contributed by atoms with van der Waals surface area (Å²) in [6.07, 6.45) is 3.69. The van der Waals surface area contributed by atoms with E-state index in [1.165, 1.54) is 4.57 Å². The molecule has 6 rings (SSSR count). The fourth-order valence-corrected chi connectivity index (χ4v) is 5.88. The lowest BCUT2D eigenvalue weighted by atomic mass is 10.0. The minimum Gasteiger partial charge on any atom is -0.353 e. The second-order valence-corrected chi connectivity index (χ2v) is 10.1. The predicted octanol–water partition coefficient (Wildman–Crippen LogP) is 3.91. The number of nitrogens with zero attached hydrogens (tertiary/aromatic N) is 5. The third kappa shape index (κ3) is 3.93. The van der Waals surface area contributed by atoms with E-state index < -0.39 is 11.5 Å². The van der Waals surface area contributed by atoms with E-state index in [-0.39, 0.29) is 17.3 Å². The summed E-state index contributed by atoms with van der Waals surface area (Å²) < 4.78 is 18.2. The Bertz CT molecular complexity index is 1510. The lowest BCUT2D eigenvalue weighted by Gasteiger charge is -2.30. The molecule has 2 fully saturated rings. The highest BCUT2D eigenvalue weighted by molar-refractivity contribution is 6.36. The monoisotopic (exact) mass is 506 g/mol. The van der Waals surface area contributed by atoms with E-state index in [1.54, 1.807) is 12.3 Å². The van der Waals surface area contributed by atoms with Crippen molar-refractivity contribution in [1.82, 2.24) is 24.8 Å². The fourth-order valence-electron chi connectivity index (χ4n) is 5.60. The van der Waals surface area contributed by atoms with E-state index in [9.17, 15) is 4.79 Å². The summed E-state index contributed by atoms with van der Waals surface area (Å²) in [5.74, 6) is -0.0158. The molecule has 0 spiro atoms. The van der Waals surface area contributed by atoms with Crippen LogP contribution in [0, 0.1) is 5.82 Å². The molecular formula is C27H28ClFN6O. The van der Waals surface area contributed by atoms with E-state index in [0.29, 0.717) is 41.4 Å². The van der Waals surface area contributed by atoms with Gasteiger partial charge in [-0.25, -0.2) is 9.18 Å². The first-order valence-electron chi connectivity index (χ1n) is 12.5.